The van der Waals surface area contributed by atoms with E-state index in [9.17, 15) is 18.0 Å². The number of alkyl halides is 3. The monoisotopic (exact) mass is 328 g/mol. The molecule has 1 aliphatic rings. The second kappa shape index (κ2) is 7.50. The highest BCUT2D eigenvalue weighted by molar-refractivity contribution is 5.74. The standard InChI is InChI=1S/C16H19F3N2O2/c17-16(18,19)14(12-4-2-1-3-5-12)9-20-15(23)21-13-7-6-11(8-13)10-22/h1-7,11,13-14,22H,8-10H2,(H2,20,21,23)/t11-,13+,14+/m0/s1. The Morgan fingerprint density at radius 1 is 1.26 bits per heavy atom. The summed E-state index contributed by atoms with van der Waals surface area (Å²) in [5, 5.41) is 13.9. The lowest BCUT2D eigenvalue weighted by Crippen LogP contribution is -2.44. The Hall–Kier alpha value is -2.02. The van der Waals surface area contributed by atoms with E-state index in [-0.39, 0.29) is 24.1 Å². The first-order valence-corrected chi connectivity index (χ1v) is 7.35. The van der Waals surface area contributed by atoms with Gasteiger partial charge in [0.1, 0.15) is 0 Å². The van der Waals surface area contributed by atoms with Crippen LogP contribution in [-0.2, 0) is 0 Å². The largest absolute Gasteiger partial charge is 0.397 e. The minimum absolute atomic E-state index is 0.0134. The maximum atomic E-state index is 13.1. The van der Waals surface area contributed by atoms with Crippen LogP contribution in [0.5, 0.6) is 0 Å². The zero-order valence-electron chi connectivity index (χ0n) is 12.4. The van der Waals surface area contributed by atoms with Crippen molar-refractivity contribution in [2.45, 2.75) is 24.6 Å². The molecule has 3 atom stereocenters. The number of nitrogens with one attached hydrogen (secondary N) is 2. The van der Waals surface area contributed by atoms with E-state index in [0.717, 1.165) is 0 Å². The van der Waals surface area contributed by atoms with Gasteiger partial charge in [0, 0.05) is 25.1 Å². The molecule has 23 heavy (non-hydrogen) atoms. The van der Waals surface area contributed by atoms with Gasteiger partial charge < -0.3 is 15.7 Å². The molecular weight excluding hydrogens is 309 g/mol. The summed E-state index contributed by atoms with van der Waals surface area (Å²) in [5.41, 5.74) is 0.112. The molecule has 4 nitrogen and oxygen atoms in total. The quantitative estimate of drug-likeness (QED) is 0.728. The van der Waals surface area contributed by atoms with Crippen molar-refractivity contribution in [2.75, 3.05) is 13.2 Å². The molecule has 0 unspecified atom stereocenters. The summed E-state index contributed by atoms with van der Waals surface area (Å²) in [6.07, 6.45) is -0.373. The summed E-state index contributed by atoms with van der Waals surface area (Å²) in [6.45, 7) is -0.542. The number of hydrogen-bond acceptors (Lipinski definition) is 2. The Balaban J connectivity index is 1.89. The highest BCUT2D eigenvalue weighted by Gasteiger charge is 2.40. The first-order chi connectivity index (χ1) is 10.9. The SMILES string of the molecule is O=C(NC[C@H](c1ccccc1)C(F)(F)F)N[C@@H]1C=C[C@H](CO)C1. The fourth-order valence-corrected chi connectivity index (χ4v) is 2.54. The van der Waals surface area contributed by atoms with Gasteiger partial charge in [-0.25, -0.2) is 4.79 Å². The first-order valence-electron chi connectivity index (χ1n) is 7.35. The van der Waals surface area contributed by atoms with Gasteiger partial charge in [0.25, 0.3) is 0 Å². The number of aliphatic hydroxyl groups is 1. The minimum atomic E-state index is -4.44. The van der Waals surface area contributed by atoms with Gasteiger partial charge in [-0.1, -0.05) is 42.5 Å². The molecule has 2 amide bonds. The number of amides is 2. The third-order valence-electron chi connectivity index (χ3n) is 3.79. The molecule has 0 saturated heterocycles. The van der Waals surface area contributed by atoms with E-state index in [1.165, 1.54) is 24.3 Å². The number of halogens is 3. The lowest BCUT2D eigenvalue weighted by Gasteiger charge is -2.22. The number of rotatable bonds is 5. The highest BCUT2D eigenvalue weighted by Crippen LogP contribution is 2.34. The van der Waals surface area contributed by atoms with E-state index in [2.05, 4.69) is 10.6 Å². The Kier molecular flexibility index (Phi) is 5.65. The summed E-state index contributed by atoms with van der Waals surface area (Å²) in [4.78, 5) is 11.8. The Bertz CT molecular complexity index is 546. The van der Waals surface area contributed by atoms with Gasteiger partial charge in [0.15, 0.2) is 0 Å². The molecule has 7 heteroatoms. The molecule has 2 rings (SSSR count). The van der Waals surface area contributed by atoms with Gasteiger partial charge in [-0.3, -0.25) is 0 Å². The van der Waals surface area contributed by atoms with Crippen LogP contribution in [0.15, 0.2) is 42.5 Å². The molecule has 0 radical (unpaired) electrons. The fraction of sp³-hybridized carbons (Fsp3) is 0.438. The number of carbonyl (C=O) groups excluding carboxylic acids is 1. The van der Waals surface area contributed by atoms with Crippen LogP contribution in [0, 0.1) is 5.92 Å². The number of urea groups is 1. The van der Waals surface area contributed by atoms with Crippen molar-refractivity contribution in [2.24, 2.45) is 5.92 Å². The topological polar surface area (TPSA) is 61.4 Å². The van der Waals surface area contributed by atoms with E-state index >= 15 is 0 Å². The van der Waals surface area contributed by atoms with Crippen molar-refractivity contribution in [3.8, 4) is 0 Å². The van der Waals surface area contributed by atoms with Crippen LogP contribution in [0.4, 0.5) is 18.0 Å². The molecule has 3 N–H and O–H groups in total. The molecule has 0 spiro atoms. The molecule has 0 saturated carbocycles. The first kappa shape index (κ1) is 17.3. The summed E-state index contributed by atoms with van der Waals surface area (Å²) >= 11 is 0. The number of benzene rings is 1. The lowest BCUT2D eigenvalue weighted by molar-refractivity contribution is -0.149. The molecule has 0 aromatic heterocycles. The molecule has 1 aromatic rings. The van der Waals surface area contributed by atoms with Crippen molar-refractivity contribution >= 4 is 6.03 Å². The molecular formula is C16H19F3N2O2. The third-order valence-corrected chi connectivity index (χ3v) is 3.79. The lowest BCUT2D eigenvalue weighted by atomic mass is 9.98. The van der Waals surface area contributed by atoms with Gasteiger partial charge >= 0.3 is 12.2 Å². The molecule has 1 aromatic carbocycles. The second-order valence-electron chi connectivity index (χ2n) is 5.53. The number of hydrogen-bond donors (Lipinski definition) is 3. The van der Waals surface area contributed by atoms with Crippen molar-refractivity contribution in [3.63, 3.8) is 0 Å². The van der Waals surface area contributed by atoms with Crippen LogP contribution in [0.25, 0.3) is 0 Å². The van der Waals surface area contributed by atoms with Crippen molar-refractivity contribution in [1.82, 2.24) is 10.6 Å². The molecule has 0 heterocycles. The fourth-order valence-electron chi connectivity index (χ4n) is 2.54. The van der Waals surface area contributed by atoms with Crippen LogP contribution in [0.1, 0.15) is 17.9 Å². The summed E-state index contributed by atoms with van der Waals surface area (Å²) < 4.78 is 39.4. The Labute approximate surface area is 132 Å². The van der Waals surface area contributed by atoms with Crippen molar-refractivity contribution in [1.29, 1.82) is 0 Å². The Morgan fingerprint density at radius 3 is 2.52 bits per heavy atom. The van der Waals surface area contributed by atoms with Gasteiger partial charge in [0.05, 0.1) is 5.92 Å². The molecule has 0 bridgehead atoms. The highest BCUT2D eigenvalue weighted by atomic mass is 19.4. The van der Waals surface area contributed by atoms with E-state index in [4.69, 9.17) is 5.11 Å². The maximum Gasteiger partial charge on any atom is 0.397 e. The van der Waals surface area contributed by atoms with E-state index < -0.39 is 24.7 Å². The van der Waals surface area contributed by atoms with Crippen LogP contribution in [0.3, 0.4) is 0 Å². The maximum absolute atomic E-state index is 13.1. The van der Waals surface area contributed by atoms with Crippen LogP contribution >= 0.6 is 0 Å². The van der Waals surface area contributed by atoms with E-state index in [0.29, 0.717) is 6.42 Å². The van der Waals surface area contributed by atoms with Gasteiger partial charge in [0.2, 0.25) is 0 Å². The smallest absolute Gasteiger partial charge is 0.396 e. The minimum Gasteiger partial charge on any atom is -0.396 e. The molecule has 0 aliphatic heterocycles. The predicted molar refractivity (Wildman–Crippen MR) is 79.9 cm³/mol. The van der Waals surface area contributed by atoms with Crippen molar-refractivity contribution in [3.05, 3.63) is 48.0 Å². The van der Waals surface area contributed by atoms with Crippen LogP contribution < -0.4 is 10.6 Å². The summed E-state index contributed by atoms with van der Waals surface area (Å²) in [6, 6.07) is 6.57. The average molecular weight is 328 g/mol. The second-order valence-corrected chi connectivity index (χ2v) is 5.53. The van der Waals surface area contributed by atoms with Gasteiger partial charge in [-0.05, 0) is 12.0 Å². The van der Waals surface area contributed by atoms with Crippen LogP contribution in [0.2, 0.25) is 0 Å². The Morgan fingerprint density at radius 2 is 1.96 bits per heavy atom. The summed E-state index contributed by atoms with van der Waals surface area (Å²) in [5.74, 6) is -1.77. The van der Waals surface area contributed by atoms with Gasteiger partial charge in [-0.15, -0.1) is 0 Å². The zero-order chi connectivity index (χ0) is 16.9. The normalized spacial score (nSPS) is 21.9. The predicted octanol–water partition coefficient (Wildman–Crippen LogP) is 2.57. The van der Waals surface area contributed by atoms with Gasteiger partial charge in [-0.2, -0.15) is 13.2 Å². The van der Waals surface area contributed by atoms with E-state index in [1.54, 1.807) is 18.2 Å². The zero-order valence-corrected chi connectivity index (χ0v) is 12.4. The third kappa shape index (κ3) is 4.99. The van der Waals surface area contributed by atoms with Crippen molar-refractivity contribution < 1.29 is 23.1 Å². The number of carbonyl (C=O) groups is 1. The molecule has 126 valence electrons. The molecule has 1 aliphatic carbocycles. The summed E-state index contributed by atoms with van der Waals surface area (Å²) in [7, 11) is 0. The van der Waals surface area contributed by atoms with Crippen LogP contribution in [-0.4, -0.2) is 36.5 Å². The van der Waals surface area contributed by atoms with E-state index in [1.807, 2.05) is 0 Å². The number of aliphatic hydroxyl groups excluding tert-OH is 1. The molecule has 0 fully saturated rings. The average Bonchev–Trinajstić information content (AvgIpc) is 2.94.